The summed E-state index contributed by atoms with van der Waals surface area (Å²) in [6.45, 7) is 1.86. The maximum Gasteiger partial charge on any atom is 0.205 e. The van der Waals surface area contributed by atoms with Gasteiger partial charge in [0.25, 0.3) is 0 Å². The summed E-state index contributed by atoms with van der Waals surface area (Å²) in [7, 11) is 0. The number of H-pyrrole nitrogens is 1. The molecule has 0 unspecified atom stereocenters. The van der Waals surface area contributed by atoms with Crippen LogP contribution in [-0.4, -0.2) is 4.98 Å². The Hall–Kier alpha value is -1.69. The molecule has 0 aromatic carbocycles. The van der Waals surface area contributed by atoms with Gasteiger partial charge in [-0.05, 0) is 13.0 Å². The van der Waals surface area contributed by atoms with E-state index in [-0.39, 0.29) is 0 Å². The van der Waals surface area contributed by atoms with Gasteiger partial charge in [0.1, 0.15) is 11.8 Å². The topological polar surface area (TPSA) is 52.7 Å². The van der Waals surface area contributed by atoms with Crippen molar-refractivity contribution in [1.29, 1.82) is 5.26 Å². The molecule has 0 saturated heterocycles. The summed E-state index contributed by atoms with van der Waals surface area (Å²) in [5.74, 6) is 0.823. The largest absolute Gasteiger partial charge is 0.445 e. The lowest BCUT2D eigenvalue weighted by molar-refractivity contribution is 0.568. The van der Waals surface area contributed by atoms with Crippen molar-refractivity contribution in [1.82, 2.24) is 4.98 Å². The summed E-state index contributed by atoms with van der Waals surface area (Å²) in [6.07, 6.45) is 1.65. The zero-order valence-electron chi connectivity index (χ0n) is 6.01. The number of rotatable bonds is 0. The molecule has 1 N–H and O–H groups in total. The zero-order valence-corrected chi connectivity index (χ0v) is 6.01. The zero-order chi connectivity index (χ0) is 7.84. The molecule has 0 saturated carbocycles. The van der Waals surface area contributed by atoms with Crippen molar-refractivity contribution in [3.63, 3.8) is 0 Å². The van der Waals surface area contributed by atoms with Crippen molar-refractivity contribution in [3.05, 3.63) is 23.6 Å². The van der Waals surface area contributed by atoms with Gasteiger partial charge in [0.2, 0.25) is 5.71 Å². The summed E-state index contributed by atoms with van der Waals surface area (Å²) >= 11 is 0. The number of hydrogen-bond donors (Lipinski definition) is 1. The first-order valence-corrected chi connectivity index (χ1v) is 3.29. The van der Waals surface area contributed by atoms with E-state index in [0.717, 1.165) is 11.1 Å². The number of aryl methyl sites for hydroxylation is 1. The predicted octanol–water partition coefficient (Wildman–Crippen LogP) is 1.94. The second-order valence-electron chi connectivity index (χ2n) is 2.41. The first-order valence-electron chi connectivity index (χ1n) is 3.29. The highest BCUT2D eigenvalue weighted by Crippen LogP contribution is 2.20. The van der Waals surface area contributed by atoms with Crippen LogP contribution in [-0.2, 0) is 0 Å². The average molecular weight is 146 g/mol. The lowest BCUT2D eigenvalue weighted by Crippen LogP contribution is -1.63. The SMILES string of the molecule is Cc1cc2c(C#N)c[nH]c2o1. The fourth-order valence-corrected chi connectivity index (χ4v) is 1.13. The summed E-state index contributed by atoms with van der Waals surface area (Å²) in [4.78, 5) is 2.87. The molecule has 0 atom stereocenters. The number of nitrogens with one attached hydrogen (secondary N) is 1. The summed E-state index contributed by atoms with van der Waals surface area (Å²) in [5.41, 5.74) is 1.32. The lowest BCUT2D eigenvalue weighted by atomic mass is 10.2. The molecule has 0 radical (unpaired) electrons. The maximum absolute atomic E-state index is 8.62. The molecule has 0 aliphatic carbocycles. The van der Waals surface area contributed by atoms with Crippen molar-refractivity contribution in [2.24, 2.45) is 0 Å². The number of aromatic nitrogens is 1. The molecular weight excluding hydrogens is 140 g/mol. The minimum absolute atomic E-state index is 0.636. The van der Waals surface area contributed by atoms with E-state index in [1.54, 1.807) is 6.20 Å². The Morgan fingerprint density at radius 1 is 1.64 bits per heavy atom. The van der Waals surface area contributed by atoms with E-state index in [1.165, 1.54) is 0 Å². The van der Waals surface area contributed by atoms with Gasteiger partial charge in [-0.2, -0.15) is 5.26 Å². The molecule has 2 aromatic heterocycles. The Labute approximate surface area is 63.2 Å². The predicted molar refractivity (Wildman–Crippen MR) is 40.0 cm³/mol. The lowest BCUT2D eigenvalue weighted by Gasteiger charge is -1.75. The van der Waals surface area contributed by atoms with Crippen molar-refractivity contribution in [2.75, 3.05) is 0 Å². The highest BCUT2D eigenvalue weighted by atomic mass is 16.3. The van der Waals surface area contributed by atoms with E-state index < -0.39 is 0 Å². The average Bonchev–Trinajstić information content (AvgIpc) is 2.45. The number of hydrogen-bond acceptors (Lipinski definition) is 2. The molecule has 11 heavy (non-hydrogen) atoms. The fraction of sp³-hybridized carbons (Fsp3) is 0.125. The molecule has 0 spiro atoms. The van der Waals surface area contributed by atoms with Gasteiger partial charge in [-0.15, -0.1) is 0 Å². The Bertz CT molecular complexity index is 430. The molecule has 0 amide bonds. The monoisotopic (exact) mass is 146 g/mol. The van der Waals surface area contributed by atoms with Crippen molar-refractivity contribution < 1.29 is 4.42 Å². The highest BCUT2D eigenvalue weighted by Gasteiger charge is 2.06. The van der Waals surface area contributed by atoms with Crippen LogP contribution in [0.5, 0.6) is 0 Å². The molecule has 0 fully saturated rings. The molecule has 2 rings (SSSR count). The fourth-order valence-electron chi connectivity index (χ4n) is 1.13. The van der Waals surface area contributed by atoms with E-state index in [0.29, 0.717) is 11.3 Å². The summed E-state index contributed by atoms with van der Waals surface area (Å²) < 4.78 is 5.24. The van der Waals surface area contributed by atoms with Gasteiger partial charge in [0.15, 0.2) is 0 Å². The van der Waals surface area contributed by atoms with E-state index in [1.807, 2.05) is 13.0 Å². The van der Waals surface area contributed by atoms with Gasteiger partial charge in [-0.3, -0.25) is 0 Å². The van der Waals surface area contributed by atoms with E-state index in [4.69, 9.17) is 9.68 Å². The second-order valence-corrected chi connectivity index (χ2v) is 2.41. The van der Waals surface area contributed by atoms with Crippen LogP contribution in [0.3, 0.4) is 0 Å². The van der Waals surface area contributed by atoms with Crippen LogP contribution in [0.15, 0.2) is 16.7 Å². The van der Waals surface area contributed by atoms with Gasteiger partial charge in [-0.1, -0.05) is 0 Å². The minimum atomic E-state index is 0.636. The molecule has 2 heterocycles. The van der Waals surface area contributed by atoms with Gasteiger partial charge >= 0.3 is 0 Å². The maximum atomic E-state index is 8.62. The third-order valence-corrected chi connectivity index (χ3v) is 1.61. The van der Waals surface area contributed by atoms with Crippen LogP contribution in [0, 0.1) is 18.3 Å². The smallest absolute Gasteiger partial charge is 0.205 e. The standard InChI is InChI=1S/C8H6N2O/c1-5-2-7-6(3-9)4-10-8(7)11-5/h2,4,10H,1H3. The van der Waals surface area contributed by atoms with E-state index >= 15 is 0 Å². The van der Waals surface area contributed by atoms with Gasteiger partial charge in [0.05, 0.1) is 10.9 Å². The number of fused-ring (bicyclic) bond motifs is 1. The molecule has 2 aromatic rings. The summed E-state index contributed by atoms with van der Waals surface area (Å²) in [5, 5.41) is 9.49. The minimum Gasteiger partial charge on any atom is -0.445 e. The van der Waals surface area contributed by atoms with Crippen molar-refractivity contribution in [2.45, 2.75) is 6.92 Å². The second kappa shape index (κ2) is 1.89. The van der Waals surface area contributed by atoms with Crippen LogP contribution < -0.4 is 0 Å². The van der Waals surface area contributed by atoms with Crippen LogP contribution in [0.2, 0.25) is 0 Å². The number of furan rings is 1. The molecule has 0 aliphatic heterocycles. The molecule has 3 nitrogen and oxygen atoms in total. The van der Waals surface area contributed by atoms with E-state index in [9.17, 15) is 0 Å². The van der Waals surface area contributed by atoms with Gasteiger partial charge in [-0.25, -0.2) is 0 Å². The normalized spacial score (nSPS) is 10.2. The first kappa shape index (κ1) is 6.05. The van der Waals surface area contributed by atoms with Crippen LogP contribution in [0.1, 0.15) is 11.3 Å². The van der Waals surface area contributed by atoms with Gasteiger partial charge in [0, 0.05) is 6.20 Å². The van der Waals surface area contributed by atoms with Crippen LogP contribution in [0.4, 0.5) is 0 Å². The Morgan fingerprint density at radius 2 is 2.45 bits per heavy atom. The Morgan fingerprint density at radius 3 is 3.18 bits per heavy atom. The van der Waals surface area contributed by atoms with E-state index in [2.05, 4.69) is 11.1 Å². The van der Waals surface area contributed by atoms with Crippen LogP contribution >= 0.6 is 0 Å². The van der Waals surface area contributed by atoms with Crippen molar-refractivity contribution in [3.8, 4) is 6.07 Å². The quantitative estimate of drug-likeness (QED) is 0.617. The summed E-state index contributed by atoms with van der Waals surface area (Å²) in [6, 6.07) is 3.92. The Kier molecular flexibility index (Phi) is 1.04. The third kappa shape index (κ3) is 0.729. The Balaban J connectivity index is 2.86. The molecule has 54 valence electrons. The number of nitriles is 1. The first-order chi connectivity index (χ1) is 5.31. The molecular formula is C8H6N2O. The molecule has 0 bridgehead atoms. The third-order valence-electron chi connectivity index (χ3n) is 1.61. The molecule has 0 aliphatic rings. The highest BCUT2D eigenvalue weighted by molar-refractivity contribution is 5.82. The van der Waals surface area contributed by atoms with Crippen molar-refractivity contribution >= 4 is 11.1 Å². The molecule has 3 heteroatoms. The number of aromatic amines is 1. The van der Waals surface area contributed by atoms with Crippen LogP contribution in [0.25, 0.3) is 11.1 Å². The van der Waals surface area contributed by atoms with Gasteiger partial charge < -0.3 is 9.40 Å². The number of nitrogens with zero attached hydrogens (tertiary/aromatic N) is 1.